The Balaban J connectivity index is 1.82. The molecular weight excluding hydrogens is 204 g/mol. The van der Waals surface area contributed by atoms with E-state index in [1.807, 2.05) is 6.92 Å². The van der Waals surface area contributed by atoms with E-state index in [0.717, 1.165) is 31.1 Å². The van der Waals surface area contributed by atoms with Gasteiger partial charge in [0.2, 0.25) is 5.89 Å². The second-order valence-corrected chi connectivity index (χ2v) is 5.04. The number of hydrogen-bond donors (Lipinski definition) is 1. The lowest BCUT2D eigenvalue weighted by molar-refractivity contribution is -0.0632. The van der Waals surface area contributed by atoms with Gasteiger partial charge in [0.1, 0.15) is 5.76 Å². The minimum atomic E-state index is -0.0115. The molecule has 0 aromatic carbocycles. The highest BCUT2D eigenvalue weighted by Gasteiger charge is 2.28. The van der Waals surface area contributed by atoms with Crippen LogP contribution in [-0.4, -0.2) is 23.2 Å². The number of rotatable bonds is 3. The third kappa shape index (κ3) is 3.06. The van der Waals surface area contributed by atoms with Crippen LogP contribution in [-0.2, 0) is 11.3 Å². The molecule has 1 aromatic heterocycles. The second kappa shape index (κ2) is 4.55. The smallest absolute Gasteiger partial charge is 0.208 e. The molecule has 1 aliphatic rings. The molecule has 90 valence electrons. The van der Waals surface area contributed by atoms with Gasteiger partial charge in [0, 0.05) is 12.6 Å². The molecule has 0 bridgehead atoms. The van der Waals surface area contributed by atoms with Gasteiger partial charge in [-0.25, -0.2) is 4.98 Å². The first-order chi connectivity index (χ1) is 7.55. The Bertz CT molecular complexity index is 347. The topological polar surface area (TPSA) is 47.3 Å². The molecule has 2 heterocycles. The zero-order valence-electron chi connectivity index (χ0n) is 10.2. The van der Waals surface area contributed by atoms with Gasteiger partial charge in [0.25, 0.3) is 0 Å². The SMILES string of the molecule is Cc1cnc(CNC2CCOC(C)(C)C2)o1. The molecule has 4 nitrogen and oxygen atoms in total. The number of aromatic nitrogens is 1. The van der Waals surface area contributed by atoms with Gasteiger partial charge < -0.3 is 14.5 Å². The van der Waals surface area contributed by atoms with Crippen LogP contribution in [0.1, 0.15) is 38.3 Å². The molecule has 4 heteroatoms. The average Bonchev–Trinajstić information content (AvgIpc) is 2.60. The average molecular weight is 224 g/mol. The van der Waals surface area contributed by atoms with Crippen LogP contribution in [0.3, 0.4) is 0 Å². The zero-order chi connectivity index (χ0) is 11.6. The van der Waals surface area contributed by atoms with Crippen molar-refractivity contribution in [2.75, 3.05) is 6.61 Å². The first-order valence-electron chi connectivity index (χ1n) is 5.84. The molecule has 1 unspecified atom stereocenters. The third-order valence-corrected chi connectivity index (χ3v) is 2.91. The predicted octanol–water partition coefficient (Wildman–Crippen LogP) is 2.03. The molecule has 0 saturated carbocycles. The monoisotopic (exact) mass is 224 g/mol. The highest BCUT2D eigenvalue weighted by atomic mass is 16.5. The molecule has 16 heavy (non-hydrogen) atoms. The number of nitrogens with zero attached hydrogens (tertiary/aromatic N) is 1. The summed E-state index contributed by atoms with van der Waals surface area (Å²) in [5, 5.41) is 3.47. The standard InChI is InChI=1S/C12H20N2O2/c1-9-7-14-11(16-9)8-13-10-4-5-15-12(2,3)6-10/h7,10,13H,4-6,8H2,1-3H3. The maximum Gasteiger partial charge on any atom is 0.208 e. The van der Waals surface area contributed by atoms with Gasteiger partial charge in [0.05, 0.1) is 18.3 Å². The van der Waals surface area contributed by atoms with Crippen molar-refractivity contribution in [1.29, 1.82) is 0 Å². The molecule has 0 spiro atoms. The van der Waals surface area contributed by atoms with E-state index in [1.54, 1.807) is 6.20 Å². The fourth-order valence-corrected chi connectivity index (χ4v) is 2.12. The summed E-state index contributed by atoms with van der Waals surface area (Å²) in [5.74, 6) is 1.63. The van der Waals surface area contributed by atoms with Gasteiger partial charge in [-0.2, -0.15) is 0 Å². The Kier molecular flexibility index (Phi) is 3.30. The minimum absolute atomic E-state index is 0.0115. The van der Waals surface area contributed by atoms with Crippen molar-refractivity contribution in [2.24, 2.45) is 0 Å². The van der Waals surface area contributed by atoms with E-state index in [-0.39, 0.29) is 5.60 Å². The molecule has 1 aliphatic heterocycles. The molecule has 1 atom stereocenters. The number of aryl methyl sites for hydroxylation is 1. The van der Waals surface area contributed by atoms with Crippen LogP contribution in [0.5, 0.6) is 0 Å². The van der Waals surface area contributed by atoms with E-state index < -0.39 is 0 Å². The lowest BCUT2D eigenvalue weighted by Crippen LogP contribution is -2.43. The van der Waals surface area contributed by atoms with Crippen LogP contribution in [0.4, 0.5) is 0 Å². The van der Waals surface area contributed by atoms with E-state index in [4.69, 9.17) is 9.15 Å². The summed E-state index contributed by atoms with van der Waals surface area (Å²) in [6.45, 7) is 7.71. The molecular formula is C12H20N2O2. The van der Waals surface area contributed by atoms with E-state index in [1.165, 1.54) is 0 Å². The maximum absolute atomic E-state index is 5.67. The van der Waals surface area contributed by atoms with E-state index >= 15 is 0 Å². The van der Waals surface area contributed by atoms with Gasteiger partial charge in [-0.3, -0.25) is 0 Å². The summed E-state index contributed by atoms with van der Waals surface area (Å²) in [5.41, 5.74) is -0.0115. The van der Waals surface area contributed by atoms with Crippen LogP contribution in [0.2, 0.25) is 0 Å². The van der Waals surface area contributed by atoms with Gasteiger partial charge in [0.15, 0.2) is 0 Å². The van der Waals surface area contributed by atoms with Gasteiger partial charge >= 0.3 is 0 Å². The molecule has 1 saturated heterocycles. The fraction of sp³-hybridized carbons (Fsp3) is 0.750. The highest BCUT2D eigenvalue weighted by molar-refractivity contribution is 4.91. The van der Waals surface area contributed by atoms with Gasteiger partial charge in [-0.15, -0.1) is 0 Å². The highest BCUT2D eigenvalue weighted by Crippen LogP contribution is 2.24. The number of nitrogens with one attached hydrogen (secondary N) is 1. The maximum atomic E-state index is 5.67. The molecule has 0 amide bonds. The number of ether oxygens (including phenoxy) is 1. The van der Waals surface area contributed by atoms with Crippen molar-refractivity contribution in [1.82, 2.24) is 10.3 Å². The first-order valence-corrected chi connectivity index (χ1v) is 5.84. The van der Waals surface area contributed by atoms with Gasteiger partial charge in [-0.1, -0.05) is 0 Å². The summed E-state index contributed by atoms with van der Waals surface area (Å²) >= 11 is 0. The minimum Gasteiger partial charge on any atom is -0.445 e. The Hall–Kier alpha value is -0.870. The van der Waals surface area contributed by atoms with Gasteiger partial charge in [-0.05, 0) is 33.6 Å². The lowest BCUT2D eigenvalue weighted by Gasteiger charge is -2.35. The summed E-state index contributed by atoms with van der Waals surface area (Å²) in [7, 11) is 0. The van der Waals surface area contributed by atoms with Crippen LogP contribution < -0.4 is 5.32 Å². The Labute approximate surface area is 96.4 Å². The predicted molar refractivity (Wildman–Crippen MR) is 61.1 cm³/mol. The van der Waals surface area contributed by atoms with Crippen LogP contribution in [0.15, 0.2) is 10.6 Å². The first kappa shape index (κ1) is 11.6. The van der Waals surface area contributed by atoms with Crippen LogP contribution in [0.25, 0.3) is 0 Å². The van der Waals surface area contributed by atoms with Crippen molar-refractivity contribution in [3.05, 3.63) is 17.8 Å². The van der Waals surface area contributed by atoms with Crippen molar-refractivity contribution in [3.8, 4) is 0 Å². The summed E-state index contributed by atoms with van der Waals surface area (Å²) in [6, 6.07) is 0.496. The quantitative estimate of drug-likeness (QED) is 0.853. The van der Waals surface area contributed by atoms with Crippen LogP contribution >= 0.6 is 0 Å². The Morgan fingerprint density at radius 2 is 2.38 bits per heavy atom. The molecule has 2 rings (SSSR count). The van der Waals surface area contributed by atoms with Crippen molar-refractivity contribution in [2.45, 2.75) is 51.8 Å². The van der Waals surface area contributed by atoms with E-state index in [9.17, 15) is 0 Å². The lowest BCUT2D eigenvalue weighted by atomic mass is 9.94. The normalized spacial score (nSPS) is 24.6. The van der Waals surface area contributed by atoms with Crippen molar-refractivity contribution >= 4 is 0 Å². The molecule has 0 radical (unpaired) electrons. The summed E-state index contributed by atoms with van der Waals surface area (Å²) in [4.78, 5) is 4.18. The molecule has 1 fully saturated rings. The third-order valence-electron chi connectivity index (χ3n) is 2.91. The number of hydrogen-bond acceptors (Lipinski definition) is 4. The summed E-state index contributed by atoms with van der Waals surface area (Å²) < 4.78 is 11.1. The molecule has 0 aliphatic carbocycles. The largest absolute Gasteiger partial charge is 0.445 e. The summed E-state index contributed by atoms with van der Waals surface area (Å²) in [6.07, 6.45) is 3.85. The van der Waals surface area contributed by atoms with Crippen molar-refractivity contribution < 1.29 is 9.15 Å². The molecule has 1 N–H and O–H groups in total. The molecule has 1 aromatic rings. The Morgan fingerprint density at radius 3 is 3.00 bits per heavy atom. The second-order valence-electron chi connectivity index (χ2n) is 5.04. The number of oxazole rings is 1. The van der Waals surface area contributed by atoms with E-state index in [0.29, 0.717) is 12.6 Å². The fourth-order valence-electron chi connectivity index (χ4n) is 2.12. The zero-order valence-corrected chi connectivity index (χ0v) is 10.2. The van der Waals surface area contributed by atoms with Crippen molar-refractivity contribution in [3.63, 3.8) is 0 Å². The van der Waals surface area contributed by atoms with E-state index in [2.05, 4.69) is 24.1 Å². The van der Waals surface area contributed by atoms with Crippen LogP contribution in [0, 0.1) is 6.92 Å². The Morgan fingerprint density at radius 1 is 1.56 bits per heavy atom.